The summed E-state index contributed by atoms with van der Waals surface area (Å²) in [6.07, 6.45) is 0. The molecule has 2 aromatic rings. The van der Waals surface area contributed by atoms with Crippen LogP contribution in [-0.2, 0) is 6.73 Å². The molecule has 2 N–H and O–H groups in total. The number of aromatic nitrogens is 2. The number of aryl methyl sites for hydroxylation is 1. The van der Waals surface area contributed by atoms with Gasteiger partial charge in [0, 0.05) is 5.02 Å². The van der Waals surface area contributed by atoms with E-state index in [4.69, 9.17) is 45.3 Å². The summed E-state index contributed by atoms with van der Waals surface area (Å²) in [6.45, 7) is 3.87. The molecule has 0 saturated heterocycles. The van der Waals surface area contributed by atoms with Crippen molar-refractivity contribution >= 4 is 40.5 Å². The average molecular weight is 321 g/mol. The monoisotopic (exact) mass is 319 g/mol. The number of benzene rings is 1. The second kappa shape index (κ2) is 5.49. The standard InChI is InChI=1S/C12H12Cl3N3O/c1-6-11(16)7(2)18(17-6)5-19-12-9(14)3-8(13)4-10(12)15/h3-4H,5,16H2,1-2H3. The Hall–Kier alpha value is -1.10. The highest BCUT2D eigenvalue weighted by molar-refractivity contribution is 6.40. The molecule has 7 heteroatoms. The van der Waals surface area contributed by atoms with E-state index in [1.165, 1.54) is 0 Å². The fourth-order valence-electron chi connectivity index (χ4n) is 1.63. The molecule has 1 heterocycles. The normalized spacial score (nSPS) is 10.8. The summed E-state index contributed by atoms with van der Waals surface area (Å²) >= 11 is 17.9. The van der Waals surface area contributed by atoms with Gasteiger partial charge < -0.3 is 10.5 Å². The van der Waals surface area contributed by atoms with Crippen molar-refractivity contribution in [3.8, 4) is 5.75 Å². The van der Waals surface area contributed by atoms with E-state index in [9.17, 15) is 0 Å². The number of ether oxygens (including phenoxy) is 1. The molecule has 0 saturated carbocycles. The van der Waals surface area contributed by atoms with E-state index >= 15 is 0 Å². The van der Waals surface area contributed by atoms with Crippen molar-refractivity contribution in [3.05, 3.63) is 38.6 Å². The minimum Gasteiger partial charge on any atom is -0.468 e. The summed E-state index contributed by atoms with van der Waals surface area (Å²) in [5, 5.41) is 5.42. The zero-order valence-corrected chi connectivity index (χ0v) is 12.6. The lowest BCUT2D eigenvalue weighted by Gasteiger charge is -2.11. The van der Waals surface area contributed by atoms with Crippen LogP contribution in [0.5, 0.6) is 5.75 Å². The SMILES string of the molecule is Cc1nn(COc2c(Cl)cc(Cl)cc2Cl)c(C)c1N. The molecular formula is C12H12Cl3N3O. The maximum absolute atomic E-state index is 6.03. The Bertz CT molecular complexity index is 602. The average Bonchev–Trinajstić information content (AvgIpc) is 2.55. The predicted molar refractivity (Wildman–Crippen MR) is 78.2 cm³/mol. The lowest BCUT2D eigenvalue weighted by molar-refractivity contribution is 0.218. The summed E-state index contributed by atoms with van der Waals surface area (Å²) in [6, 6.07) is 3.14. The van der Waals surface area contributed by atoms with Gasteiger partial charge in [0.15, 0.2) is 12.5 Å². The molecule has 0 bridgehead atoms. The number of hydrogen-bond acceptors (Lipinski definition) is 3. The van der Waals surface area contributed by atoms with Gasteiger partial charge in [-0.1, -0.05) is 34.8 Å². The second-order valence-corrected chi connectivity index (χ2v) is 5.31. The van der Waals surface area contributed by atoms with Gasteiger partial charge in [0.05, 0.1) is 27.1 Å². The number of anilines is 1. The molecule has 0 atom stereocenters. The molecule has 102 valence electrons. The second-order valence-electron chi connectivity index (χ2n) is 4.06. The van der Waals surface area contributed by atoms with Gasteiger partial charge in [-0.05, 0) is 26.0 Å². The Morgan fingerprint density at radius 3 is 2.26 bits per heavy atom. The Kier molecular flexibility index (Phi) is 4.13. The zero-order valence-electron chi connectivity index (χ0n) is 10.4. The van der Waals surface area contributed by atoms with Crippen LogP contribution < -0.4 is 10.5 Å². The lowest BCUT2D eigenvalue weighted by atomic mass is 10.3. The van der Waals surface area contributed by atoms with Crippen LogP contribution in [0.4, 0.5) is 5.69 Å². The number of nitrogens with two attached hydrogens (primary N) is 1. The third kappa shape index (κ3) is 2.91. The minimum absolute atomic E-state index is 0.172. The fraction of sp³-hybridized carbons (Fsp3) is 0.250. The van der Waals surface area contributed by atoms with Crippen LogP contribution in [-0.4, -0.2) is 9.78 Å². The Morgan fingerprint density at radius 2 is 1.79 bits per heavy atom. The highest BCUT2D eigenvalue weighted by Gasteiger charge is 2.12. The van der Waals surface area contributed by atoms with Crippen molar-refractivity contribution in [1.82, 2.24) is 9.78 Å². The molecule has 0 aliphatic rings. The summed E-state index contributed by atoms with van der Waals surface area (Å²) in [5.41, 5.74) is 8.08. The first-order chi connectivity index (χ1) is 8.90. The molecule has 2 rings (SSSR count). The maximum atomic E-state index is 6.03. The third-order valence-corrected chi connectivity index (χ3v) is 3.51. The molecule has 0 amide bonds. The molecule has 19 heavy (non-hydrogen) atoms. The van der Waals surface area contributed by atoms with Crippen molar-refractivity contribution in [2.75, 3.05) is 5.73 Å². The highest BCUT2D eigenvalue weighted by Crippen LogP contribution is 2.36. The molecule has 4 nitrogen and oxygen atoms in total. The predicted octanol–water partition coefficient (Wildman–Crippen LogP) is 4.08. The smallest absolute Gasteiger partial charge is 0.181 e. The molecule has 1 aromatic heterocycles. The van der Waals surface area contributed by atoms with Crippen LogP contribution in [0.15, 0.2) is 12.1 Å². The first kappa shape index (κ1) is 14.3. The Balaban J connectivity index is 2.21. The molecule has 0 spiro atoms. The van der Waals surface area contributed by atoms with Crippen molar-refractivity contribution in [3.63, 3.8) is 0 Å². The van der Waals surface area contributed by atoms with Gasteiger partial charge in [0.2, 0.25) is 0 Å². The van der Waals surface area contributed by atoms with Crippen molar-refractivity contribution in [2.24, 2.45) is 0 Å². The van der Waals surface area contributed by atoms with Gasteiger partial charge in [-0.3, -0.25) is 0 Å². The van der Waals surface area contributed by atoms with Gasteiger partial charge in [-0.2, -0.15) is 5.10 Å². The van der Waals surface area contributed by atoms with Gasteiger partial charge >= 0.3 is 0 Å². The summed E-state index contributed by atoms with van der Waals surface area (Å²) in [4.78, 5) is 0. The van der Waals surface area contributed by atoms with Gasteiger partial charge in [0.1, 0.15) is 0 Å². The number of nitrogens with zero attached hydrogens (tertiary/aromatic N) is 2. The van der Waals surface area contributed by atoms with Gasteiger partial charge in [-0.15, -0.1) is 0 Å². The van der Waals surface area contributed by atoms with E-state index in [1.807, 2.05) is 13.8 Å². The van der Waals surface area contributed by atoms with E-state index < -0.39 is 0 Å². The summed E-state index contributed by atoms with van der Waals surface area (Å²) in [5.74, 6) is 0.374. The number of nitrogen functional groups attached to an aromatic ring is 1. The van der Waals surface area contributed by atoms with Crippen molar-refractivity contribution in [2.45, 2.75) is 20.6 Å². The third-order valence-electron chi connectivity index (χ3n) is 2.73. The molecular weight excluding hydrogens is 309 g/mol. The summed E-state index contributed by atoms with van der Waals surface area (Å²) in [7, 11) is 0. The van der Waals surface area contributed by atoms with Gasteiger partial charge in [-0.25, -0.2) is 4.68 Å². The first-order valence-electron chi connectivity index (χ1n) is 5.47. The van der Waals surface area contributed by atoms with Crippen LogP contribution in [0.1, 0.15) is 11.4 Å². The zero-order chi connectivity index (χ0) is 14.2. The lowest BCUT2D eigenvalue weighted by Crippen LogP contribution is -2.09. The van der Waals surface area contributed by atoms with E-state index in [2.05, 4.69) is 5.10 Å². The molecule has 0 radical (unpaired) electrons. The van der Waals surface area contributed by atoms with E-state index in [1.54, 1.807) is 16.8 Å². The Morgan fingerprint density at radius 1 is 1.21 bits per heavy atom. The van der Waals surface area contributed by atoms with E-state index in [0.29, 0.717) is 26.5 Å². The molecule has 0 unspecified atom stereocenters. The number of hydrogen-bond donors (Lipinski definition) is 1. The van der Waals surface area contributed by atoms with Crippen molar-refractivity contribution < 1.29 is 4.74 Å². The fourth-order valence-corrected chi connectivity index (χ4v) is 2.56. The quantitative estimate of drug-likeness (QED) is 0.927. The highest BCUT2D eigenvalue weighted by atomic mass is 35.5. The number of halogens is 3. The van der Waals surface area contributed by atoms with Gasteiger partial charge in [0.25, 0.3) is 0 Å². The van der Waals surface area contributed by atoms with E-state index in [0.717, 1.165) is 11.4 Å². The van der Waals surface area contributed by atoms with Crippen LogP contribution >= 0.6 is 34.8 Å². The largest absolute Gasteiger partial charge is 0.468 e. The van der Waals surface area contributed by atoms with Crippen molar-refractivity contribution in [1.29, 1.82) is 0 Å². The number of rotatable bonds is 3. The van der Waals surface area contributed by atoms with Crippen LogP contribution in [0.3, 0.4) is 0 Å². The summed E-state index contributed by atoms with van der Waals surface area (Å²) < 4.78 is 7.22. The van der Waals surface area contributed by atoms with E-state index in [-0.39, 0.29) is 6.73 Å². The molecule has 0 fully saturated rings. The molecule has 1 aromatic carbocycles. The minimum atomic E-state index is 0.172. The maximum Gasteiger partial charge on any atom is 0.181 e. The Labute approximate surface area is 126 Å². The topological polar surface area (TPSA) is 53.1 Å². The first-order valence-corrected chi connectivity index (χ1v) is 6.60. The van der Waals surface area contributed by atoms with Crippen LogP contribution in [0, 0.1) is 13.8 Å². The van der Waals surface area contributed by atoms with Crippen LogP contribution in [0.2, 0.25) is 15.1 Å². The van der Waals surface area contributed by atoms with Crippen LogP contribution in [0.25, 0.3) is 0 Å². The molecule has 0 aliphatic heterocycles. The molecule has 0 aliphatic carbocycles.